The van der Waals surface area contributed by atoms with Crippen LogP contribution < -0.4 is 10.8 Å². The van der Waals surface area contributed by atoms with Crippen molar-refractivity contribution in [1.29, 1.82) is 0 Å². The maximum Gasteiger partial charge on any atom is 0.255 e. The average Bonchev–Trinajstić information content (AvgIpc) is 3.33. The van der Waals surface area contributed by atoms with Gasteiger partial charge in [-0.15, -0.1) is 15.7 Å². The van der Waals surface area contributed by atoms with Crippen LogP contribution in [0.25, 0.3) is 0 Å². The fourth-order valence-electron chi connectivity index (χ4n) is 2.80. The molecule has 3 N–H and O–H groups in total. The van der Waals surface area contributed by atoms with Crippen molar-refractivity contribution >= 4 is 44.0 Å². The van der Waals surface area contributed by atoms with Gasteiger partial charge >= 0.3 is 0 Å². The number of aromatic hydroxyl groups is 1. The second-order valence-electron chi connectivity index (χ2n) is 6.65. The lowest BCUT2D eigenvalue weighted by Gasteiger charge is -2.18. The minimum absolute atomic E-state index is 0.115. The molecular weight excluding hydrogens is 438 g/mol. The topological polar surface area (TPSA) is 143 Å². The van der Waals surface area contributed by atoms with Gasteiger partial charge < -0.3 is 19.7 Å². The normalized spacial score (nSPS) is 19.4. The molecule has 0 bridgehead atoms. The Morgan fingerprint density at radius 2 is 2.31 bits per heavy atom. The van der Waals surface area contributed by atoms with E-state index in [4.69, 9.17) is 4.74 Å². The summed E-state index contributed by atoms with van der Waals surface area (Å²) in [6, 6.07) is -0.186. The van der Waals surface area contributed by atoms with Crippen LogP contribution in [0.1, 0.15) is 26.7 Å². The van der Waals surface area contributed by atoms with E-state index in [0.717, 1.165) is 27.8 Å². The summed E-state index contributed by atoms with van der Waals surface area (Å²) in [4.78, 5) is 4.61. The zero-order chi connectivity index (χ0) is 21.3. The van der Waals surface area contributed by atoms with Crippen LogP contribution in [0, 0.1) is 0 Å². The molecule has 0 fully saturated rings. The Morgan fingerprint density at radius 1 is 1.59 bits per heavy atom. The van der Waals surface area contributed by atoms with Crippen molar-refractivity contribution in [3.05, 3.63) is 22.7 Å². The molecular formula is C16H23N5O5S3. The smallest absolute Gasteiger partial charge is 0.255 e. The number of ether oxygens (including phenoxy) is 1. The van der Waals surface area contributed by atoms with Crippen LogP contribution in [-0.4, -0.2) is 57.4 Å². The van der Waals surface area contributed by atoms with Crippen molar-refractivity contribution in [1.82, 2.24) is 13.1 Å². The van der Waals surface area contributed by atoms with Crippen LogP contribution in [0.4, 0.5) is 11.5 Å². The van der Waals surface area contributed by atoms with E-state index < -0.39 is 26.9 Å². The predicted octanol–water partition coefficient (Wildman–Crippen LogP) is 2.27. The Balaban J connectivity index is 1.92. The lowest BCUT2D eigenvalue weighted by molar-refractivity contribution is 0.118. The molecule has 0 aliphatic carbocycles. The third-order valence-corrected chi connectivity index (χ3v) is 8.42. The van der Waals surface area contributed by atoms with E-state index in [1.165, 1.54) is 19.5 Å². The van der Waals surface area contributed by atoms with Crippen molar-refractivity contribution < 1.29 is 22.8 Å². The third-order valence-electron chi connectivity index (χ3n) is 4.40. The quantitative estimate of drug-likeness (QED) is 0.537. The minimum atomic E-state index is -3.79. The van der Waals surface area contributed by atoms with Gasteiger partial charge in [0.1, 0.15) is 6.10 Å². The zero-order valence-electron chi connectivity index (χ0n) is 16.4. The first-order chi connectivity index (χ1) is 13.6. The van der Waals surface area contributed by atoms with Gasteiger partial charge in [-0.25, -0.2) is 12.7 Å². The summed E-state index contributed by atoms with van der Waals surface area (Å²) in [6.45, 7) is 3.86. The summed E-state index contributed by atoms with van der Waals surface area (Å²) in [5.74, 6) is 0.585. The number of H-pyrrole nitrogens is 1. The van der Waals surface area contributed by atoms with E-state index in [-0.39, 0.29) is 33.3 Å². The molecule has 2 unspecified atom stereocenters. The molecule has 160 valence electrons. The number of allylic oxidation sites excluding steroid dienone is 1. The van der Waals surface area contributed by atoms with Gasteiger partial charge in [-0.1, -0.05) is 6.92 Å². The molecule has 2 aromatic heterocycles. The molecule has 1 aliphatic heterocycles. The number of anilines is 2. The molecule has 10 nitrogen and oxygen atoms in total. The number of aromatic nitrogens is 2. The summed E-state index contributed by atoms with van der Waals surface area (Å²) in [6.07, 6.45) is 3.32. The van der Waals surface area contributed by atoms with Crippen LogP contribution in [0.5, 0.6) is 5.75 Å². The molecule has 0 saturated carbocycles. The number of sulfonamides is 1. The highest BCUT2D eigenvalue weighted by Gasteiger charge is 2.28. The van der Waals surface area contributed by atoms with Gasteiger partial charge in [0.05, 0.1) is 17.5 Å². The number of nitrogens with one attached hydrogen (secondary N) is 2. The Hall–Kier alpha value is -1.93. The monoisotopic (exact) mass is 461 g/mol. The largest absolute Gasteiger partial charge is 0.548 e. The molecule has 0 radical (unpaired) electrons. The van der Waals surface area contributed by atoms with E-state index in [9.17, 15) is 18.1 Å². The van der Waals surface area contributed by atoms with E-state index >= 15 is 0 Å². The minimum Gasteiger partial charge on any atom is -0.548 e. The van der Waals surface area contributed by atoms with Crippen LogP contribution in [-0.2, 0) is 14.8 Å². The third kappa shape index (κ3) is 4.48. The van der Waals surface area contributed by atoms with Crippen molar-refractivity contribution in [3.63, 3.8) is 0 Å². The highest BCUT2D eigenvalue weighted by Crippen LogP contribution is 2.39. The molecule has 29 heavy (non-hydrogen) atoms. The molecule has 3 atom stereocenters. The van der Waals surface area contributed by atoms with Gasteiger partial charge in [0.25, 0.3) is 10.0 Å². The van der Waals surface area contributed by atoms with Crippen molar-refractivity contribution in [3.8, 4) is 5.75 Å². The maximum atomic E-state index is 12.3. The summed E-state index contributed by atoms with van der Waals surface area (Å²) in [5, 5.41) is 14.7. The van der Waals surface area contributed by atoms with Gasteiger partial charge in [-0.2, -0.15) is 0 Å². The SMILES string of the molecule is CC[C@@H](N=c1[nH][s+]([O-])nc1Nc1csc(S(=O)(=O)N(C)C)c1O)C1CC=C(C)O1. The fourth-order valence-corrected chi connectivity index (χ4v) is 5.84. The molecule has 0 amide bonds. The zero-order valence-corrected chi connectivity index (χ0v) is 18.8. The fraction of sp³-hybridized carbons (Fsp3) is 0.500. The van der Waals surface area contributed by atoms with E-state index in [0.29, 0.717) is 6.42 Å². The first kappa shape index (κ1) is 21.8. The highest BCUT2D eigenvalue weighted by molar-refractivity contribution is 7.91. The number of hydrogen-bond donors (Lipinski definition) is 3. The highest BCUT2D eigenvalue weighted by atomic mass is 32.2. The Labute approximate surface area is 175 Å². The Morgan fingerprint density at radius 3 is 2.90 bits per heavy atom. The second-order valence-corrected chi connectivity index (χ2v) is 10.8. The van der Waals surface area contributed by atoms with Gasteiger partial charge in [0.2, 0.25) is 11.3 Å². The molecule has 2 aromatic rings. The van der Waals surface area contributed by atoms with Crippen molar-refractivity contribution in [2.75, 3.05) is 19.4 Å². The molecule has 13 heteroatoms. The summed E-state index contributed by atoms with van der Waals surface area (Å²) < 4.78 is 49.7. The molecule has 1 aliphatic rings. The van der Waals surface area contributed by atoms with Crippen LogP contribution in [0.3, 0.4) is 0 Å². The van der Waals surface area contributed by atoms with Crippen molar-refractivity contribution in [2.45, 2.75) is 43.0 Å². The standard InChI is InChI=1S/C16H23N5O5S3/c1-5-10(12-7-6-9(2)26-12)17-14-15(20-28(23)19-14)18-11-8-27-16(13(11)22)29(24,25)21(3)4/h6,8,10,12,22H,5,7H2,1-4H3,(H,17,19)(H,18,20)/t10-,12?,28?/m1/s1. The Kier molecular flexibility index (Phi) is 6.33. The first-order valence-corrected chi connectivity index (χ1v) is 12.2. The average molecular weight is 462 g/mol. The van der Waals surface area contributed by atoms with Gasteiger partial charge in [-0.3, -0.25) is 4.99 Å². The van der Waals surface area contributed by atoms with E-state index in [2.05, 4.69) is 19.1 Å². The summed E-state index contributed by atoms with van der Waals surface area (Å²) >= 11 is -0.846. The van der Waals surface area contributed by atoms with E-state index in [1.54, 1.807) is 0 Å². The lowest BCUT2D eigenvalue weighted by atomic mass is 10.1. The second kappa shape index (κ2) is 8.44. The predicted molar refractivity (Wildman–Crippen MR) is 110 cm³/mol. The Bertz CT molecular complexity index is 1080. The number of rotatable bonds is 7. The van der Waals surface area contributed by atoms with Gasteiger partial charge in [-0.05, 0) is 19.4 Å². The van der Waals surface area contributed by atoms with Crippen molar-refractivity contribution in [2.24, 2.45) is 4.99 Å². The van der Waals surface area contributed by atoms with Gasteiger partial charge in [0.15, 0.2) is 21.1 Å². The van der Waals surface area contributed by atoms with Crippen LogP contribution in [0.15, 0.2) is 26.4 Å². The number of aromatic amines is 1. The van der Waals surface area contributed by atoms with Crippen LogP contribution >= 0.6 is 22.5 Å². The molecule has 3 heterocycles. The molecule has 0 spiro atoms. The number of thiophene rings is 1. The molecule has 0 aromatic carbocycles. The number of hydrogen-bond acceptors (Lipinski definition) is 9. The lowest BCUT2D eigenvalue weighted by Crippen LogP contribution is -2.26. The maximum absolute atomic E-state index is 12.3. The summed E-state index contributed by atoms with van der Waals surface area (Å²) in [7, 11) is -1.03. The number of nitrogens with zero attached hydrogens (tertiary/aromatic N) is 3. The molecule has 0 saturated heterocycles. The van der Waals surface area contributed by atoms with Gasteiger partial charge in [0, 0.05) is 30.3 Å². The molecule has 3 rings (SSSR count). The summed E-state index contributed by atoms with van der Waals surface area (Å²) in [5.41, 5.74) is 0.413. The van der Waals surface area contributed by atoms with E-state index in [1.807, 2.05) is 19.9 Å². The van der Waals surface area contributed by atoms with Crippen LogP contribution in [0.2, 0.25) is 0 Å². The first-order valence-electron chi connectivity index (χ1n) is 8.82.